The first-order chi connectivity index (χ1) is 13.3. The van der Waals surface area contributed by atoms with Gasteiger partial charge in [0.2, 0.25) is 0 Å². The Labute approximate surface area is 166 Å². The summed E-state index contributed by atoms with van der Waals surface area (Å²) in [6, 6.07) is 1.83. The minimum absolute atomic E-state index is 0.386. The number of rotatable bonds is 5. The van der Waals surface area contributed by atoms with Gasteiger partial charge in [0.1, 0.15) is 4.21 Å². The van der Waals surface area contributed by atoms with Crippen LogP contribution in [0.5, 0.6) is 0 Å². The molecule has 0 saturated carbocycles. The second-order valence-electron chi connectivity index (χ2n) is 6.82. The smallest absolute Gasteiger partial charge is 0.190 e. The van der Waals surface area contributed by atoms with E-state index in [9.17, 15) is 8.42 Å². The fraction of sp³-hybridized carbons (Fsp3) is 0.278. The standard InChI is InChI=1S/C18H20N6O2S2/c1-11(2)28(25,26)18-12(3)7-15(27-18)22-16-17-20-9-14(24(17)6-5-19-16)13-8-21-23(4)10-13/h5-11H,1-4H3,(H,19,22). The third kappa shape index (κ3) is 3.08. The van der Waals surface area contributed by atoms with Gasteiger partial charge in [-0.15, -0.1) is 11.3 Å². The van der Waals surface area contributed by atoms with Crippen molar-refractivity contribution in [2.75, 3.05) is 5.32 Å². The maximum atomic E-state index is 12.5. The molecule has 1 N–H and O–H groups in total. The highest BCUT2D eigenvalue weighted by Gasteiger charge is 2.24. The van der Waals surface area contributed by atoms with Crippen LogP contribution in [0.3, 0.4) is 0 Å². The molecule has 0 aromatic carbocycles. The molecule has 0 bridgehead atoms. The molecule has 4 aromatic rings. The lowest BCUT2D eigenvalue weighted by molar-refractivity contribution is 0.589. The molecule has 0 unspecified atom stereocenters. The molecule has 8 nitrogen and oxygen atoms in total. The molecule has 0 atom stereocenters. The van der Waals surface area contributed by atoms with Gasteiger partial charge in [0.15, 0.2) is 21.3 Å². The number of aryl methyl sites for hydroxylation is 2. The average Bonchev–Trinajstić information content (AvgIpc) is 3.33. The predicted molar refractivity (Wildman–Crippen MR) is 110 cm³/mol. The second kappa shape index (κ2) is 6.71. The molecule has 0 aliphatic rings. The number of fused-ring (bicyclic) bond motifs is 1. The summed E-state index contributed by atoms with van der Waals surface area (Å²) in [4.78, 5) is 8.89. The van der Waals surface area contributed by atoms with Crippen molar-refractivity contribution in [3.8, 4) is 11.3 Å². The second-order valence-corrected chi connectivity index (χ2v) is 10.6. The van der Waals surface area contributed by atoms with Gasteiger partial charge >= 0.3 is 0 Å². The van der Waals surface area contributed by atoms with Gasteiger partial charge in [0.25, 0.3) is 0 Å². The third-order valence-electron chi connectivity index (χ3n) is 4.42. The molecule has 0 aliphatic carbocycles. The van der Waals surface area contributed by atoms with Gasteiger partial charge < -0.3 is 5.32 Å². The average molecular weight is 417 g/mol. The lowest BCUT2D eigenvalue weighted by atomic mass is 10.3. The highest BCUT2D eigenvalue weighted by molar-refractivity contribution is 7.94. The number of anilines is 2. The predicted octanol–water partition coefficient (Wildman–Crippen LogP) is 3.43. The first kappa shape index (κ1) is 18.6. The molecular weight excluding hydrogens is 396 g/mol. The summed E-state index contributed by atoms with van der Waals surface area (Å²) in [7, 11) is -1.46. The van der Waals surface area contributed by atoms with Crippen LogP contribution in [0.25, 0.3) is 16.9 Å². The maximum Gasteiger partial charge on any atom is 0.190 e. The molecule has 0 saturated heterocycles. The quantitative estimate of drug-likeness (QED) is 0.536. The molecule has 0 amide bonds. The number of nitrogens with one attached hydrogen (secondary N) is 1. The van der Waals surface area contributed by atoms with E-state index in [-0.39, 0.29) is 0 Å². The zero-order chi connectivity index (χ0) is 20.1. The number of hydrogen-bond acceptors (Lipinski definition) is 7. The zero-order valence-corrected chi connectivity index (χ0v) is 17.5. The Morgan fingerprint density at radius 1 is 1.21 bits per heavy atom. The summed E-state index contributed by atoms with van der Waals surface area (Å²) in [6.07, 6.45) is 8.99. The van der Waals surface area contributed by atoms with Crippen LogP contribution in [0, 0.1) is 6.92 Å². The molecule has 0 spiro atoms. The van der Waals surface area contributed by atoms with E-state index in [2.05, 4.69) is 20.4 Å². The lowest BCUT2D eigenvalue weighted by Crippen LogP contribution is -2.13. The van der Waals surface area contributed by atoms with Gasteiger partial charge in [-0.05, 0) is 32.4 Å². The maximum absolute atomic E-state index is 12.5. The van der Waals surface area contributed by atoms with E-state index in [4.69, 9.17) is 0 Å². The van der Waals surface area contributed by atoms with Crippen molar-refractivity contribution >= 4 is 37.6 Å². The minimum atomic E-state index is -3.32. The van der Waals surface area contributed by atoms with Crippen LogP contribution < -0.4 is 5.32 Å². The summed E-state index contributed by atoms with van der Waals surface area (Å²) >= 11 is 1.22. The molecule has 0 fully saturated rings. The number of nitrogens with zero attached hydrogens (tertiary/aromatic N) is 5. The minimum Gasteiger partial charge on any atom is -0.329 e. The van der Waals surface area contributed by atoms with Gasteiger partial charge in [0.05, 0.1) is 28.3 Å². The van der Waals surface area contributed by atoms with Crippen molar-refractivity contribution in [1.29, 1.82) is 0 Å². The molecule has 28 heavy (non-hydrogen) atoms. The SMILES string of the molecule is Cc1cc(Nc2nccn3c(-c4cnn(C)c4)cnc23)sc1S(=O)(=O)C(C)C. The van der Waals surface area contributed by atoms with Crippen molar-refractivity contribution in [3.63, 3.8) is 0 Å². The normalized spacial score (nSPS) is 12.2. The molecular formula is C18H20N6O2S2. The Morgan fingerprint density at radius 2 is 2.00 bits per heavy atom. The number of thiophene rings is 1. The number of aromatic nitrogens is 5. The Kier molecular flexibility index (Phi) is 4.47. The molecule has 4 rings (SSSR count). The monoisotopic (exact) mass is 416 g/mol. The Morgan fingerprint density at radius 3 is 2.68 bits per heavy atom. The Bertz CT molecular complexity index is 1270. The van der Waals surface area contributed by atoms with E-state index in [1.54, 1.807) is 44.0 Å². The van der Waals surface area contributed by atoms with Gasteiger partial charge in [-0.2, -0.15) is 5.10 Å². The highest BCUT2D eigenvalue weighted by Crippen LogP contribution is 2.35. The van der Waals surface area contributed by atoms with Crippen LogP contribution in [0.1, 0.15) is 19.4 Å². The number of hydrogen-bond donors (Lipinski definition) is 1. The van der Waals surface area contributed by atoms with Crippen LogP contribution in [0.4, 0.5) is 10.8 Å². The van der Waals surface area contributed by atoms with Gasteiger partial charge in [-0.1, -0.05) is 0 Å². The summed E-state index contributed by atoms with van der Waals surface area (Å²) < 4.78 is 29.1. The van der Waals surface area contributed by atoms with Crippen LogP contribution in [-0.4, -0.2) is 37.8 Å². The molecule has 0 aliphatic heterocycles. The zero-order valence-electron chi connectivity index (χ0n) is 15.9. The fourth-order valence-corrected chi connectivity index (χ4v) is 5.96. The van der Waals surface area contributed by atoms with Crippen molar-refractivity contribution in [1.82, 2.24) is 24.1 Å². The van der Waals surface area contributed by atoms with Crippen LogP contribution in [0.15, 0.2) is 41.3 Å². The molecule has 4 heterocycles. The first-order valence-corrected chi connectivity index (χ1v) is 11.1. The lowest BCUT2D eigenvalue weighted by Gasteiger charge is -2.06. The molecule has 10 heteroatoms. The van der Waals surface area contributed by atoms with Gasteiger partial charge in [-0.3, -0.25) is 9.08 Å². The van der Waals surface area contributed by atoms with E-state index in [1.807, 2.05) is 29.9 Å². The Balaban J connectivity index is 1.73. The number of imidazole rings is 1. The highest BCUT2D eigenvalue weighted by atomic mass is 32.2. The van der Waals surface area contributed by atoms with Crippen molar-refractivity contribution in [2.24, 2.45) is 7.05 Å². The summed E-state index contributed by atoms with van der Waals surface area (Å²) in [5.74, 6) is 0.562. The molecule has 0 radical (unpaired) electrons. The fourth-order valence-electron chi connectivity index (χ4n) is 2.91. The summed E-state index contributed by atoms with van der Waals surface area (Å²) in [5.41, 5.74) is 3.23. The van der Waals surface area contributed by atoms with Crippen molar-refractivity contribution < 1.29 is 8.42 Å². The first-order valence-electron chi connectivity index (χ1n) is 8.70. The third-order valence-corrected chi connectivity index (χ3v) is 8.40. The number of sulfone groups is 1. The van der Waals surface area contributed by atoms with E-state index in [1.165, 1.54) is 11.3 Å². The molecule has 4 aromatic heterocycles. The molecule has 146 valence electrons. The van der Waals surface area contributed by atoms with Gasteiger partial charge in [0, 0.05) is 31.2 Å². The van der Waals surface area contributed by atoms with Crippen LogP contribution in [-0.2, 0) is 16.9 Å². The largest absolute Gasteiger partial charge is 0.329 e. The summed E-state index contributed by atoms with van der Waals surface area (Å²) in [5, 5.41) is 7.68. The van der Waals surface area contributed by atoms with Crippen molar-refractivity contribution in [3.05, 3.63) is 42.6 Å². The van der Waals surface area contributed by atoms with Crippen LogP contribution in [0.2, 0.25) is 0 Å². The summed E-state index contributed by atoms with van der Waals surface area (Å²) in [6.45, 7) is 5.18. The topological polar surface area (TPSA) is 94.2 Å². The van der Waals surface area contributed by atoms with E-state index < -0.39 is 15.1 Å². The van der Waals surface area contributed by atoms with E-state index in [0.29, 0.717) is 20.7 Å². The van der Waals surface area contributed by atoms with E-state index in [0.717, 1.165) is 16.8 Å². The van der Waals surface area contributed by atoms with Crippen LogP contribution >= 0.6 is 11.3 Å². The van der Waals surface area contributed by atoms with E-state index >= 15 is 0 Å². The van der Waals surface area contributed by atoms with Gasteiger partial charge in [-0.25, -0.2) is 18.4 Å². The Hall–Kier alpha value is -2.72. The van der Waals surface area contributed by atoms with Crippen molar-refractivity contribution in [2.45, 2.75) is 30.2 Å².